The Balaban J connectivity index is 1.55. The average molecular weight is 482 g/mol. The molecule has 0 saturated carbocycles. The molecule has 0 fully saturated rings. The van der Waals surface area contributed by atoms with Gasteiger partial charge in [-0.3, -0.25) is 0 Å². The van der Waals surface area contributed by atoms with E-state index < -0.39 is 0 Å². The first kappa shape index (κ1) is 20.9. The Bertz CT molecular complexity index is 1890. The molecule has 3 nitrogen and oxygen atoms in total. The summed E-state index contributed by atoms with van der Waals surface area (Å²) >= 11 is 6.12. The van der Waals surface area contributed by atoms with Crippen LogP contribution in [0.15, 0.2) is 121 Å². The summed E-state index contributed by atoms with van der Waals surface area (Å²) in [5, 5.41) is 15.4. The highest BCUT2D eigenvalue weighted by Crippen LogP contribution is 2.38. The van der Waals surface area contributed by atoms with Crippen LogP contribution in [0.5, 0.6) is 0 Å². The third kappa shape index (κ3) is 3.44. The maximum absolute atomic E-state index is 6.12. The van der Waals surface area contributed by atoms with Crippen molar-refractivity contribution in [2.24, 2.45) is 0 Å². The van der Waals surface area contributed by atoms with Crippen LogP contribution in [0.25, 0.3) is 60.5 Å². The van der Waals surface area contributed by atoms with Crippen molar-refractivity contribution in [3.05, 3.63) is 126 Å². The summed E-state index contributed by atoms with van der Waals surface area (Å²) in [6.45, 7) is 0. The third-order valence-electron chi connectivity index (χ3n) is 6.72. The third-order valence-corrected chi connectivity index (χ3v) is 6.98. The predicted molar refractivity (Wildman–Crippen MR) is 150 cm³/mol. The van der Waals surface area contributed by atoms with Crippen LogP contribution < -0.4 is 0 Å². The first-order valence-electron chi connectivity index (χ1n) is 11.9. The largest absolute Gasteiger partial charge is 0.150 e. The minimum Gasteiger partial charge on any atom is -0.150 e. The first-order valence-corrected chi connectivity index (χ1v) is 12.3. The van der Waals surface area contributed by atoms with Crippen molar-refractivity contribution in [3.63, 3.8) is 0 Å². The van der Waals surface area contributed by atoms with Crippen LogP contribution >= 0.6 is 11.6 Å². The Morgan fingerprint density at radius 1 is 0.528 bits per heavy atom. The molecule has 1 aromatic heterocycles. The molecule has 0 saturated heterocycles. The van der Waals surface area contributed by atoms with E-state index in [1.54, 1.807) is 4.80 Å². The summed E-state index contributed by atoms with van der Waals surface area (Å²) in [5.41, 5.74) is 7.08. The normalized spacial score (nSPS) is 11.5. The van der Waals surface area contributed by atoms with Gasteiger partial charge in [-0.25, -0.2) is 0 Å². The molecule has 0 radical (unpaired) electrons. The van der Waals surface area contributed by atoms with Crippen molar-refractivity contribution in [2.45, 2.75) is 0 Å². The van der Waals surface area contributed by atoms with Gasteiger partial charge in [0, 0.05) is 10.6 Å². The lowest BCUT2D eigenvalue weighted by molar-refractivity contribution is 0.766. The highest BCUT2D eigenvalue weighted by Gasteiger charge is 2.16. The predicted octanol–water partition coefficient (Wildman–Crippen LogP) is 8.71. The average Bonchev–Trinajstić information content (AvgIpc) is 3.37. The quantitative estimate of drug-likeness (QED) is 0.252. The zero-order chi connectivity index (χ0) is 24.1. The molecule has 7 rings (SSSR count). The molecular formula is C32H20ClN3. The summed E-state index contributed by atoms with van der Waals surface area (Å²) in [4.78, 5) is 1.70. The van der Waals surface area contributed by atoms with Crippen molar-refractivity contribution >= 4 is 44.2 Å². The van der Waals surface area contributed by atoms with Gasteiger partial charge in [0.1, 0.15) is 11.0 Å². The van der Waals surface area contributed by atoms with Crippen LogP contribution in [0, 0.1) is 0 Å². The molecule has 0 spiro atoms. The summed E-state index contributed by atoms with van der Waals surface area (Å²) in [6, 6.07) is 41.8. The van der Waals surface area contributed by atoms with Crippen LogP contribution in [0.2, 0.25) is 5.02 Å². The fourth-order valence-corrected chi connectivity index (χ4v) is 5.13. The molecule has 0 N–H and O–H groups in total. The second kappa shape index (κ2) is 8.33. The topological polar surface area (TPSA) is 30.7 Å². The monoisotopic (exact) mass is 481 g/mol. The Labute approximate surface area is 213 Å². The van der Waals surface area contributed by atoms with E-state index in [0.29, 0.717) is 5.02 Å². The van der Waals surface area contributed by atoms with Gasteiger partial charge in [-0.05, 0) is 74.6 Å². The van der Waals surface area contributed by atoms with E-state index in [4.69, 9.17) is 21.8 Å². The lowest BCUT2D eigenvalue weighted by Crippen LogP contribution is -1.97. The smallest absolute Gasteiger partial charge is 0.121 e. The molecule has 0 unspecified atom stereocenters. The lowest BCUT2D eigenvalue weighted by atomic mass is 9.92. The number of nitrogens with zero attached hydrogens (tertiary/aromatic N) is 3. The van der Waals surface area contributed by atoms with E-state index in [0.717, 1.165) is 33.4 Å². The number of hydrogen-bond donors (Lipinski definition) is 0. The Hall–Kier alpha value is -4.47. The molecule has 0 amide bonds. The molecule has 4 heteroatoms. The number of benzene rings is 6. The number of hydrogen-bond acceptors (Lipinski definition) is 2. The van der Waals surface area contributed by atoms with Crippen LogP contribution in [-0.4, -0.2) is 15.0 Å². The summed E-state index contributed by atoms with van der Waals surface area (Å²) < 4.78 is 0. The van der Waals surface area contributed by atoms with E-state index in [-0.39, 0.29) is 0 Å². The number of rotatable bonds is 3. The molecule has 7 aromatic rings. The van der Waals surface area contributed by atoms with Crippen LogP contribution in [0.1, 0.15) is 0 Å². The summed E-state index contributed by atoms with van der Waals surface area (Å²) in [5.74, 6) is 0. The van der Waals surface area contributed by atoms with Gasteiger partial charge < -0.3 is 0 Å². The van der Waals surface area contributed by atoms with Crippen molar-refractivity contribution in [2.75, 3.05) is 0 Å². The van der Waals surface area contributed by atoms with E-state index >= 15 is 0 Å². The van der Waals surface area contributed by atoms with Gasteiger partial charge in [0.2, 0.25) is 0 Å². The van der Waals surface area contributed by atoms with Crippen LogP contribution in [0.4, 0.5) is 0 Å². The maximum atomic E-state index is 6.12. The van der Waals surface area contributed by atoms with E-state index in [2.05, 4.69) is 97.1 Å². The standard InChI is InChI=1S/C32H20ClN3/c33-24-15-17-25(18-16-24)36-34-31-20-23(28-13-5-9-21-7-1-3-11-26(21)28)19-30(32(31)35-36)29-14-6-10-22-8-2-4-12-27(22)29/h1-20H. The van der Waals surface area contributed by atoms with E-state index in [1.807, 2.05) is 24.3 Å². The molecule has 0 aliphatic heterocycles. The molecule has 0 aliphatic carbocycles. The van der Waals surface area contributed by atoms with Gasteiger partial charge in [0.25, 0.3) is 0 Å². The maximum Gasteiger partial charge on any atom is 0.121 e. The highest BCUT2D eigenvalue weighted by molar-refractivity contribution is 6.30. The van der Waals surface area contributed by atoms with Crippen LogP contribution in [0.3, 0.4) is 0 Å². The first-order chi connectivity index (χ1) is 17.7. The number of halogens is 1. The summed E-state index contributed by atoms with van der Waals surface area (Å²) in [6.07, 6.45) is 0. The second-order valence-corrected chi connectivity index (χ2v) is 9.35. The molecule has 0 aliphatic rings. The van der Waals surface area contributed by atoms with Gasteiger partial charge in [0.15, 0.2) is 0 Å². The van der Waals surface area contributed by atoms with Crippen molar-refractivity contribution in [1.82, 2.24) is 15.0 Å². The van der Waals surface area contributed by atoms with Crippen molar-refractivity contribution < 1.29 is 0 Å². The number of aromatic nitrogens is 3. The van der Waals surface area contributed by atoms with Gasteiger partial charge in [-0.2, -0.15) is 4.80 Å². The fourth-order valence-electron chi connectivity index (χ4n) is 5.01. The summed E-state index contributed by atoms with van der Waals surface area (Å²) in [7, 11) is 0. The van der Waals surface area contributed by atoms with E-state index in [1.165, 1.54) is 27.1 Å². The zero-order valence-electron chi connectivity index (χ0n) is 19.3. The Kier molecular flexibility index (Phi) is 4.83. The minimum atomic E-state index is 0.685. The van der Waals surface area contributed by atoms with Crippen LogP contribution in [-0.2, 0) is 0 Å². The zero-order valence-corrected chi connectivity index (χ0v) is 20.0. The highest BCUT2D eigenvalue weighted by atomic mass is 35.5. The molecule has 0 atom stereocenters. The lowest BCUT2D eigenvalue weighted by Gasteiger charge is -2.11. The van der Waals surface area contributed by atoms with Gasteiger partial charge in [-0.15, -0.1) is 10.2 Å². The van der Waals surface area contributed by atoms with Gasteiger partial charge in [0.05, 0.1) is 5.69 Å². The molecular weight excluding hydrogens is 462 g/mol. The SMILES string of the molecule is Clc1ccc(-n2nc3cc(-c4cccc5ccccc45)cc(-c4cccc5ccccc45)c3n2)cc1. The van der Waals surface area contributed by atoms with Gasteiger partial charge in [-0.1, -0.05) is 96.5 Å². The number of fused-ring (bicyclic) bond motifs is 3. The Morgan fingerprint density at radius 2 is 1.14 bits per heavy atom. The molecule has 0 bridgehead atoms. The molecule has 6 aromatic carbocycles. The molecule has 1 heterocycles. The molecule has 170 valence electrons. The van der Waals surface area contributed by atoms with Gasteiger partial charge >= 0.3 is 0 Å². The second-order valence-electron chi connectivity index (χ2n) is 8.91. The molecule has 36 heavy (non-hydrogen) atoms. The fraction of sp³-hybridized carbons (Fsp3) is 0. The Morgan fingerprint density at radius 3 is 1.86 bits per heavy atom. The van der Waals surface area contributed by atoms with Crippen molar-refractivity contribution in [1.29, 1.82) is 0 Å². The van der Waals surface area contributed by atoms with Crippen molar-refractivity contribution in [3.8, 4) is 27.9 Å². The minimum absolute atomic E-state index is 0.685. The van der Waals surface area contributed by atoms with E-state index in [9.17, 15) is 0 Å².